The summed E-state index contributed by atoms with van der Waals surface area (Å²) in [5.41, 5.74) is 0. The van der Waals surface area contributed by atoms with E-state index in [9.17, 15) is 43.2 Å². The smallest absolute Gasteiger partial charge is 0.462 e. The molecule has 6 atom stereocenters. The largest absolute Gasteiger partial charge is 0.472 e. The molecular formula is C75H146O17P2. The van der Waals surface area contributed by atoms with E-state index in [-0.39, 0.29) is 25.7 Å². The highest BCUT2D eigenvalue weighted by molar-refractivity contribution is 7.47. The fraction of sp³-hybridized carbons (Fsp3) is 0.947. The second kappa shape index (κ2) is 65.7. The first kappa shape index (κ1) is 92.1. The fourth-order valence-corrected chi connectivity index (χ4v) is 13.0. The van der Waals surface area contributed by atoms with Gasteiger partial charge in [-0.25, -0.2) is 9.13 Å². The summed E-state index contributed by atoms with van der Waals surface area (Å²) in [6.07, 6.45) is 51.4. The normalized spacial score (nSPS) is 14.4. The molecule has 19 heteroatoms. The second-order valence-corrected chi connectivity index (χ2v) is 31.1. The summed E-state index contributed by atoms with van der Waals surface area (Å²) in [5, 5.41) is 10.6. The molecule has 3 unspecified atom stereocenters. The number of rotatable bonds is 73. The molecule has 0 amide bonds. The summed E-state index contributed by atoms with van der Waals surface area (Å²) < 4.78 is 68.5. The van der Waals surface area contributed by atoms with Gasteiger partial charge in [-0.05, 0) is 43.4 Å². The van der Waals surface area contributed by atoms with Gasteiger partial charge in [-0.1, -0.05) is 331 Å². The number of aliphatic hydroxyl groups is 1. The molecule has 17 nitrogen and oxygen atoms in total. The van der Waals surface area contributed by atoms with Crippen LogP contribution in [-0.2, 0) is 65.4 Å². The summed E-state index contributed by atoms with van der Waals surface area (Å²) in [7, 11) is -9.91. The summed E-state index contributed by atoms with van der Waals surface area (Å²) in [4.78, 5) is 72.8. The van der Waals surface area contributed by atoms with Crippen LogP contribution in [0.5, 0.6) is 0 Å². The van der Waals surface area contributed by atoms with Gasteiger partial charge in [0.25, 0.3) is 0 Å². The molecule has 558 valence electrons. The van der Waals surface area contributed by atoms with Crippen LogP contribution in [0.15, 0.2) is 0 Å². The first-order chi connectivity index (χ1) is 45.3. The first-order valence-corrected chi connectivity index (χ1v) is 41.9. The van der Waals surface area contributed by atoms with E-state index in [0.717, 1.165) is 108 Å². The van der Waals surface area contributed by atoms with Gasteiger partial charge in [-0.2, -0.15) is 0 Å². The van der Waals surface area contributed by atoms with Crippen LogP contribution in [0.3, 0.4) is 0 Å². The van der Waals surface area contributed by atoms with Crippen LogP contribution >= 0.6 is 15.6 Å². The van der Waals surface area contributed by atoms with E-state index in [2.05, 4.69) is 48.5 Å². The molecule has 0 aliphatic carbocycles. The lowest BCUT2D eigenvalue weighted by molar-refractivity contribution is -0.161. The minimum Gasteiger partial charge on any atom is -0.462 e. The van der Waals surface area contributed by atoms with Crippen LogP contribution in [0.4, 0.5) is 0 Å². The highest BCUT2D eigenvalue weighted by Crippen LogP contribution is 2.45. The molecule has 0 aromatic rings. The number of unbranched alkanes of at least 4 members (excludes halogenated alkanes) is 40. The van der Waals surface area contributed by atoms with Crippen LogP contribution in [0.1, 0.15) is 382 Å². The van der Waals surface area contributed by atoms with Crippen LogP contribution < -0.4 is 0 Å². The molecule has 0 bridgehead atoms. The predicted molar refractivity (Wildman–Crippen MR) is 381 cm³/mol. The molecule has 0 spiro atoms. The summed E-state index contributed by atoms with van der Waals surface area (Å²) in [6.45, 7) is 11.8. The van der Waals surface area contributed by atoms with E-state index in [0.29, 0.717) is 25.7 Å². The number of phosphoric ester groups is 2. The third-order valence-electron chi connectivity index (χ3n) is 17.7. The van der Waals surface area contributed by atoms with Gasteiger partial charge in [0.05, 0.1) is 26.4 Å². The highest BCUT2D eigenvalue weighted by Gasteiger charge is 2.30. The standard InChI is InChI=1S/C75H146O17P2/c1-8-10-11-12-13-14-15-16-17-18-19-20-21-22-23-26-37-44-51-58-74(79)91-70(62-85-72(77)56-49-42-35-27-24-25-32-39-46-53-66(3)4)64-89-93(81,82)87-60-69(76)61-88-94(83,84)90-65-71(63-86-73(78)57-50-43-36-30-28-33-40-47-54-67(5)6)92-75(80)59-52-45-38-31-29-34-41-48-55-68(7)9-2/h66-71,76H,8-65H2,1-7H3,(H,81,82)(H,83,84)/t68?,69-,70-,71-/m1/s1. The monoisotopic (exact) mass is 1380 g/mol. The Balaban J connectivity index is 5.23. The number of aliphatic hydroxyl groups excluding tert-OH is 1. The number of carbonyl (C=O) groups excluding carboxylic acids is 4. The van der Waals surface area contributed by atoms with Crippen molar-refractivity contribution >= 4 is 39.5 Å². The summed E-state index contributed by atoms with van der Waals surface area (Å²) >= 11 is 0. The Morgan fingerprint density at radius 2 is 0.543 bits per heavy atom. The molecule has 0 heterocycles. The Morgan fingerprint density at radius 1 is 0.309 bits per heavy atom. The molecule has 0 saturated heterocycles. The van der Waals surface area contributed by atoms with Crippen molar-refractivity contribution in [3.63, 3.8) is 0 Å². The molecule has 0 fully saturated rings. The Labute approximate surface area is 575 Å². The highest BCUT2D eigenvalue weighted by atomic mass is 31.2. The molecular weight excluding hydrogens is 1230 g/mol. The van der Waals surface area contributed by atoms with Gasteiger partial charge < -0.3 is 33.8 Å². The van der Waals surface area contributed by atoms with E-state index in [1.807, 2.05) is 0 Å². The summed E-state index contributed by atoms with van der Waals surface area (Å²) in [6, 6.07) is 0. The van der Waals surface area contributed by atoms with Gasteiger partial charge >= 0.3 is 39.5 Å². The Morgan fingerprint density at radius 3 is 0.809 bits per heavy atom. The topological polar surface area (TPSA) is 237 Å². The van der Waals surface area contributed by atoms with Crippen LogP contribution in [0, 0.1) is 17.8 Å². The van der Waals surface area contributed by atoms with Crippen molar-refractivity contribution in [2.75, 3.05) is 39.6 Å². The van der Waals surface area contributed by atoms with Crippen molar-refractivity contribution in [2.45, 2.75) is 401 Å². The maximum atomic E-state index is 13.1. The lowest BCUT2D eigenvalue weighted by atomic mass is 9.99. The quantitative estimate of drug-likeness (QED) is 0.0222. The molecule has 0 aliphatic rings. The first-order valence-electron chi connectivity index (χ1n) is 38.9. The van der Waals surface area contributed by atoms with Gasteiger partial charge in [-0.3, -0.25) is 37.3 Å². The van der Waals surface area contributed by atoms with E-state index >= 15 is 0 Å². The van der Waals surface area contributed by atoms with Crippen LogP contribution in [-0.4, -0.2) is 96.7 Å². The Kier molecular flexibility index (Phi) is 64.3. The zero-order valence-corrected chi connectivity index (χ0v) is 63.2. The van der Waals surface area contributed by atoms with E-state index in [1.165, 1.54) is 193 Å². The van der Waals surface area contributed by atoms with Crippen molar-refractivity contribution in [1.82, 2.24) is 0 Å². The number of esters is 4. The van der Waals surface area contributed by atoms with Crippen molar-refractivity contribution in [3.05, 3.63) is 0 Å². The molecule has 0 saturated carbocycles. The molecule has 0 rings (SSSR count). The van der Waals surface area contributed by atoms with Crippen molar-refractivity contribution in [3.8, 4) is 0 Å². The van der Waals surface area contributed by atoms with E-state index in [4.69, 9.17) is 37.0 Å². The minimum atomic E-state index is -4.96. The van der Waals surface area contributed by atoms with E-state index in [1.54, 1.807) is 0 Å². The molecule has 0 aromatic heterocycles. The number of hydrogen-bond donors (Lipinski definition) is 3. The maximum Gasteiger partial charge on any atom is 0.472 e. The van der Waals surface area contributed by atoms with Gasteiger partial charge in [0.2, 0.25) is 0 Å². The van der Waals surface area contributed by atoms with Crippen LogP contribution in [0.25, 0.3) is 0 Å². The lowest BCUT2D eigenvalue weighted by Gasteiger charge is -2.21. The van der Waals surface area contributed by atoms with Gasteiger partial charge in [0, 0.05) is 25.7 Å². The van der Waals surface area contributed by atoms with Crippen molar-refractivity contribution < 1.29 is 80.2 Å². The molecule has 0 radical (unpaired) electrons. The SMILES string of the molecule is CCCCCCCCCCCCCCCCCCCCCC(=O)O[C@H](COC(=O)CCCCCCCCCCCC(C)C)COP(=O)(O)OC[C@@H](O)COP(=O)(O)OC[C@@H](COC(=O)CCCCCCCCCCC(C)C)OC(=O)CCCCCCCCCCC(C)CC. The average molecular weight is 1380 g/mol. The molecule has 3 N–H and O–H groups in total. The third-order valence-corrected chi connectivity index (χ3v) is 19.6. The average Bonchev–Trinajstić information content (AvgIpc) is 1.25. The van der Waals surface area contributed by atoms with Gasteiger partial charge in [0.15, 0.2) is 12.2 Å². The van der Waals surface area contributed by atoms with Crippen LogP contribution in [0.2, 0.25) is 0 Å². The maximum absolute atomic E-state index is 13.1. The van der Waals surface area contributed by atoms with Crippen molar-refractivity contribution in [2.24, 2.45) is 17.8 Å². The zero-order valence-electron chi connectivity index (χ0n) is 61.4. The molecule has 94 heavy (non-hydrogen) atoms. The Bertz CT molecular complexity index is 1840. The molecule has 0 aromatic carbocycles. The summed E-state index contributed by atoms with van der Waals surface area (Å²) in [5.74, 6) is 0.118. The van der Waals surface area contributed by atoms with Gasteiger partial charge in [-0.15, -0.1) is 0 Å². The minimum absolute atomic E-state index is 0.104. The number of ether oxygens (including phenoxy) is 4. The fourth-order valence-electron chi connectivity index (χ4n) is 11.4. The second-order valence-electron chi connectivity index (χ2n) is 28.2. The lowest BCUT2D eigenvalue weighted by Crippen LogP contribution is -2.30. The number of carbonyl (C=O) groups is 4. The zero-order chi connectivity index (χ0) is 69.4. The van der Waals surface area contributed by atoms with E-state index < -0.39 is 97.5 Å². The Hall–Kier alpha value is -1.94. The predicted octanol–water partition coefficient (Wildman–Crippen LogP) is 21.8. The van der Waals surface area contributed by atoms with Gasteiger partial charge in [0.1, 0.15) is 19.3 Å². The van der Waals surface area contributed by atoms with Crippen molar-refractivity contribution in [1.29, 1.82) is 0 Å². The number of phosphoric acid groups is 2. The molecule has 0 aliphatic heterocycles. The number of hydrogen-bond acceptors (Lipinski definition) is 15. The third kappa shape index (κ3) is 67.3.